The SMILES string of the molecule is CC(=O)c1ccc(C#N)cc1N(C)Cc1ccccc1C(F)(F)F. The number of nitrogens with zero attached hydrogens (tertiary/aromatic N) is 2. The third-order valence-electron chi connectivity index (χ3n) is 3.65. The lowest BCUT2D eigenvalue weighted by molar-refractivity contribution is -0.138. The summed E-state index contributed by atoms with van der Waals surface area (Å²) in [4.78, 5) is 13.3. The summed E-state index contributed by atoms with van der Waals surface area (Å²) < 4.78 is 39.3. The van der Waals surface area contributed by atoms with Gasteiger partial charge in [-0.05, 0) is 36.8 Å². The van der Waals surface area contributed by atoms with Gasteiger partial charge < -0.3 is 4.90 Å². The second-order valence-corrected chi connectivity index (χ2v) is 5.41. The van der Waals surface area contributed by atoms with Crippen LogP contribution in [0.25, 0.3) is 0 Å². The number of halogens is 3. The van der Waals surface area contributed by atoms with Gasteiger partial charge in [0.2, 0.25) is 0 Å². The van der Waals surface area contributed by atoms with E-state index in [1.54, 1.807) is 11.9 Å². The maximum Gasteiger partial charge on any atom is 0.416 e. The van der Waals surface area contributed by atoms with Gasteiger partial charge in [0, 0.05) is 24.8 Å². The summed E-state index contributed by atoms with van der Waals surface area (Å²) in [6.45, 7) is 1.34. The number of carbonyl (C=O) groups is 1. The molecule has 2 aromatic carbocycles. The zero-order valence-corrected chi connectivity index (χ0v) is 13.2. The van der Waals surface area contributed by atoms with Crippen molar-refractivity contribution in [3.8, 4) is 6.07 Å². The summed E-state index contributed by atoms with van der Waals surface area (Å²) >= 11 is 0. The predicted molar refractivity (Wildman–Crippen MR) is 84.7 cm³/mol. The number of carbonyl (C=O) groups excluding carboxylic acids is 1. The van der Waals surface area contributed by atoms with Crippen LogP contribution in [0.1, 0.15) is 34.0 Å². The Morgan fingerprint density at radius 1 is 1.21 bits per heavy atom. The van der Waals surface area contributed by atoms with E-state index in [1.807, 2.05) is 6.07 Å². The van der Waals surface area contributed by atoms with Crippen LogP contribution in [0.2, 0.25) is 0 Å². The Balaban J connectivity index is 2.43. The van der Waals surface area contributed by atoms with Crippen molar-refractivity contribution in [2.24, 2.45) is 0 Å². The van der Waals surface area contributed by atoms with Gasteiger partial charge in [0.15, 0.2) is 5.78 Å². The Hall–Kier alpha value is -2.81. The molecular weight excluding hydrogens is 317 g/mol. The molecule has 0 bridgehead atoms. The Morgan fingerprint density at radius 3 is 2.46 bits per heavy atom. The molecule has 0 saturated heterocycles. The van der Waals surface area contributed by atoms with Crippen molar-refractivity contribution < 1.29 is 18.0 Å². The summed E-state index contributed by atoms with van der Waals surface area (Å²) in [5, 5.41) is 9.01. The van der Waals surface area contributed by atoms with Crippen molar-refractivity contribution in [2.45, 2.75) is 19.6 Å². The number of anilines is 1. The highest BCUT2D eigenvalue weighted by Crippen LogP contribution is 2.33. The van der Waals surface area contributed by atoms with E-state index in [-0.39, 0.29) is 17.9 Å². The van der Waals surface area contributed by atoms with Crippen LogP contribution in [0.5, 0.6) is 0 Å². The fourth-order valence-corrected chi connectivity index (χ4v) is 2.49. The molecule has 0 amide bonds. The van der Waals surface area contributed by atoms with E-state index in [9.17, 15) is 18.0 Å². The molecule has 124 valence electrons. The molecule has 0 spiro atoms. The molecule has 6 heteroatoms. The zero-order chi connectivity index (χ0) is 17.9. The van der Waals surface area contributed by atoms with Crippen LogP contribution in [-0.4, -0.2) is 12.8 Å². The lowest BCUT2D eigenvalue weighted by Crippen LogP contribution is -2.21. The maximum atomic E-state index is 13.1. The minimum absolute atomic E-state index is 0.0369. The summed E-state index contributed by atoms with van der Waals surface area (Å²) in [6, 6.07) is 11.8. The summed E-state index contributed by atoms with van der Waals surface area (Å²) in [6.07, 6.45) is -4.45. The number of alkyl halides is 3. The molecule has 0 N–H and O–H groups in total. The minimum Gasteiger partial charge on any atom is -0.370 e. The molecule has 24 heavy (non-hydrogen) atoms. The summed E-state index contributed by atoms with van der Waals surface area (Å²) in [5.41, 5.74) is 0.521. The molecule has 0 heterocycles. The quantitative estimate of drug-likeness (QED) is 0.779. The molecule has 0 saturated carbocycles. The topological polar surface area (TPSA) is 44.1 Å². The van der Waals surface area contributed by atoms with Gasteiger partial charge in [0.05, 0.1) is 17.2 Å². The van der Waals surface area contributed by atoms with Gasteiger partial charge in [0.25, 0.3) is 0 Å². The van der Waals surface area contributed by atoms with E-state index in [0.717, 1.165) is 6.07 Å². The third kappa shape index (κ3) is 3.74. The number of ketones is 1. The molecule has 0 atom stereocenters. The average molecular weight is 332 g/mol. The third-order valence-corrected chi connectivity index (χ3v) is 3.65. The molecule has 0 unspecified atom stereocenters. The second-order valence-electron chi connectivity index (χ2n) is 5.41. The van der Waals surface area contributed by atoms with Gasteiger partial charge in [-0.3, -0.25) is 4.79 Å². The maximum absolute atomic E-state index is 13.1. The highest BCUT2D eigenvalue weighted by atomic mass is 19.4. The van der Waals surface area contributed by atoms with Crippen molar-refractivity contribution in [1.29, 1.82) is 5.26 Å². The Kier molecular flexibility index (Phi) is 4.93. The fourth-order valence-electron chi connectivity index (χ4n) is 2.49. The molecule has 0 aliphatic rings. The summed E-state index contributed by atoms with van der Waals surface area (Å²) in [7, 11) is 1.59. The molecule has 2 rings (SSSR count). The van der Waals surface area contributed by atoms with Crippen molar-refractivity contribution in [1.82, 2.24) is 0 Å². The molecule has 3 nitrogen and oxygen atoms in total. The van der Waals surface area contributed by atoms with Crippen LogP contribution in [0.4, 0.5) is 18.9 Å². The lowest BCUT2D eigenvalue weighted by Gasteiger charge is -2.24. The first-order valence-corrected chi connectivity index (χ1v) is 7.15. The zero-order valence-electron chi connectivity index (χ0n) is 13.2. The standard InChI is InChI=1S/C18H15F3N2O/c1-12(24)15-8-7-13(10-22)9-17(15)23(2)11-14-5-3-4-6-16(14)18(19,20)21/h3-9H,11H2,1-2H3. The molecule has 0 fully saturated rings. The van der Waals surface area contributed by atoms with Crippen LogP contribution in [0.3, 0.4) is 0 Å². The predicted octanol–water partition coefficient (Wildman–Crippen LogP) is 4.42. The van der Waals surface area contributed by atoms with Crippen LogP contribution < -0.4 is 4.90 Å². The van der Waals surface area contributed by atoms with E-state index < -0.39 is 11.7 Å². The van der Waals surface area contributed by atoms with Crippen LogP contribution in [0.15, 0.2) is 42.5 Å². The van der Waals surface area contributed by atoms with Crippen molar-refractivity contribution in [3.63, 3.8) is 0 Å². The fraction of sp³-hybridized carbons (Fsp3) is 0.222. The first-order valence-electron chi connectivity index (χ1n) is 7.15. The van der Waals surface area contributed by atoms with Gasteiger partial charge in [-0.25, -0.2) is 0 Å². The van der Waals surface area contributed by atoms with Crippen LogP contribution in [-0.2, 0) is 12.7 Å². The number of benzene rings is 2. The smallest absolute Gasteiger partial charge is 0.370 e. The molecule has 0 aliphatic heterocycles. The minimum atomic E-state index is -4.45. The Morgan fingerprint density at radius 2 is 1.88 bits per heavy atom. The van der Waals surface area contributed by atoms with Crippen molar-refractivity contribution in [2.75, 3.05) is 11.9 Å². The van der Waals surface area contributed by atoms with Crippen molar-refractivity contribution in [3.05, 3.63) is 64.7 Å². The van der Waals surface area contributed by atoms with E-state index in [2.05, 4.69) is 0 Å². The number of hydrogen-bond acceptors (Lipinski definition) is 3. The van der Waals surface area contributed by atoms with E-state index in [4.69, 9.17) is 5.26 Å². The van der Waals surface area contributed by atoms with Gasteiger partial charge >= 0.3 is 6.18 Å². The first kappa shape index (κ1) is 17.5. The Bertz CT molecular complexity index is 807. The van der Waals surface area contributed by atoms with Gasteiger partial charge in [-0.2, -0.15) is 18.4 Å². The highest BCUT2D eigenvalue weighted by molar-refractivity contribution is 6.00. The number of rotatable bonds is 4. The Labute approximate surface area is 137 Å². The molecule has 2 aromatic rings. The number of Topliss-reactive ketones (excluding diaryl/α,β-unsaturated/α-hetero) is 1. The van der Waals surface area contributed by atoms with Gasteiger partial charge in [-0.1, -0.05) is 18.2 Å². The average Bonchev–Trinajstić information content (AvgIpc) is 2.53. The molecule has 0 aliphatic carbocycles. The van der Waals surface area contributed by atoms with Crippen LogP contribution >= 0.6 is 0 Å². The van der Waals surface area contributed by atoms with E-state index >= 15 is 0 Å². The monoisotopic (exact) mass is 332 g/mol. The van der Waals surface area contributed by atoms with Crippen LogP contribution in [0, 0.1) is 11.3 Å². The van der Waals surface area contributed by atoms with Gasteiger partial charge in [-0.15, -0.1) is 0 Å². The molecule has 0 radical (unpaired) electrons. The van der Waals surface area contributed by atoms with E-state index in [1.165, 1.54) is 43.3 Å². The first-order chi connectivity index (χ1) is 11.2. The normalized spacial score (nSPS) is 11.0. The second kappa shape index (κ2) is 6.75. The molecular formula is C18H15F3N2O. The van der Waals surface area contributed by atoms with E-state index in [0.29, 0.717) is 16.8 Å². The lowest BCUT2D eigenvalue weighted by atomic mass is 10.0. The van der Waals surface area contributed by atoms with Crippen molar-refractivity contribution >= 4 is 11.5 Å². The number of nitriles is 1. The van der Waals surface area contributed by atoms with Gasteiger partial charge in [0.1, 0.15) is 0 Å². The number of hydrogen-bond donors (Lipinski definition) is 0. The summed E-state index contributed by atoms with van der Waals surface area (Å²) in [5.74, 6) is -0.217. The molecule has 0 aromatic heterocycles. The largest absolute Gasteiger partial charge is 0.416 e. The highest BCUT2D eigenvalue weighted by Gasteiger charge is 2.33.